The number of piperidine rings is 1. The first-order valence-corrected chi connectivity index (χ1v) is 3.82. The minimum Gasteiger partial charge on any atom is -0.353 e. The Labute approximate surface area is 62.0 Å². The Kier molecular flexibility index (Phi) is 1.71. The molecule has 2 heteroatoms. The van der Waals surface area contributed by atoms with Crippen molar-refractivity contribution in [1.82, 2.24) is 5.32 Å². The van der Waals surface area contributed by atoms with Crippen molar-refractivity contribution < 1.29 is 4.79 Å². The van der Waals surface area contributed by atoms with E-state index in [2.05, 4.69) is 26.1 Å². The number of amides is 1. The van der Waals surface area contributed by atoms with Gasteiger partial charge in [0, 0.05) is 12.5 Å². The molecule has 0 aromatic carbocycles. The maximum Gasteiger partial charge on any atom is 0.220 e. The lowest BCUT2D eigenvalue weighted by Crippen LogP contribution is -2.47. The molecule has 1 amide bonds. The predicted molar refractivity (Wildman–Crippen MR) is 40.6 cm³/mol. The molecular formula is C8H15NO. The lowest BCUT2D eigenvalue weighted by molar-refractivity contribution is -0.125. The number of carbonyl (C=O) groups excluding carboxylic acids is 1. The van der Waals surface area contributed by atoms with Gasteiger partial charge in [0.15, 0.2) is 0 Å². The molecule has 1 rings (SSSR count). The minimum atomic E-state index is 0.201. The van der Waals surface area contributed by atoms with Crippen LogP contribution in [-0.4, -0.2) is 11.9 Å². The molecule has 1 fully saturated rings. The molecule has 1 atom stereocenters. The van der Waals surface area contributed by atoms with Gasteiger partial charge in [-0.3, -0.25) is 4.79 Å². The van der Waals surface area contributed by atoms with Gasteiger partial charge in [0.2, 0.25) is 5.91 Å². The van der Waals surface area contributed by atoms with E-state index in [9.17, 15) is 4.79 Å². The van der Waals surface area contributed by atoms with Gasteiger partial charge >= 0.3 is 0 Å². The zero-order valence-electron chi connectivity index (χ0n) is 6.90. The van der Waals surface area contributed by atoms with E-state index >= 15 is 0 Å². The first-order chi connectivity index (χ1) is 4.52. The Bertz CT molecular complexity index is 151. The number of hydrogen-bond acceptors (Lipinski definition) is 1. The second-order valence-electron chi connectivity index (χ2n) is 3.78. The second-order valence-corrected chi connectivity index (χ2v) is 3.78. The van der Waals surface area contributed by atoms with Crippen LogP contribution in [-0.2, 0) is 4.79 Å². The third kappa shape index (κ3) is 1.31. The van der Waals surface area contributed by atoms with Crippen molar-refractivity contribution in [3.8, 4) is 0 Å². The Hall–Kier alpha value is -0.530. The van der Waals surface area contributed by atoms with Crippen LogP contribution in [0, 0.1) is 5.41 Å². The maximum atomic E-state index is 10.9. The van der Waals surface area contributed by atoms with Gasteiger partial charge in [-0.05, 0) is 18.8 Å². The third-order valence-electron chi connectivity index (χ3n) is 2.55. The van der Waals surface area contributed by atoms with Crippen LogP contribution in [0.3, 0.4) is 0 Å². The molecule has 1 unspecified atom stereocenters. The average molecular weight is 141 g/mol. The zero-order chi connectivity index (χ0) is 7.78. The summed E-state index contributed by atoms with van der Waals surface area (Å²) in [5.41, 5.74) is 0.286. The largest absolute Gasteiger partial charge is 0.353 e. The lowest BCUT2D eigenvalue weighted by atomic mass is 9.78. The minimum absolute atomic E-state index is 0.201. The van der Waals surface area contributed by atoms with Crippen LogP contribution in [0.1, 0.15) is 33.6 Å². The molecule has 58 valence electrons. The summed E-state index contributed by atoms with van der Waals surface area (Å²) in [5.74, 6) is 0.201. The van der Waals surface area contributed by atoms with Crippen LogP contribution in [0.25, 0.3) is 0 Å². The van der Waals surface area contributed by atoms with Crippen molar-refractivity contribution >= 4 is 5.91 Å². The number of hydrogen-bond donors (Lipinski definition) is 1. The molecule has 1 aliphatic heterocycles. The summed E-state index contributed by atoms with van der Waals surface area (Å²) in [6.45, 7) is 6.45. The van der Waals surface area contributed by atoms with E-state index in [-0.39, 0.29) is 11.3 Å². The number of rotatable bonds is 0. The topological polar surface area (TPSA) is 29.1 Å². The van der Waals surface area contributed by atoms with Gasteiger partial charge in [0.1, 0.15) is 0 Å². The molecule has 0 aromatic rings. The molecule has 0 aromatic heterocycles. The Morgan fingerprint density at radius 1 is 1.60 bits per heavy atom. The van der Waals surface area contributed by atoms with Crippen LogP contribution in [0.15, 0.2) is 0 Å². The molecule has 1 N–H and O–H groups in total. The first kappa shape index (κ1) is 7.58. The van der Waals surface area contributed by atoms with Crippen LogP contribution in [0.2, 0.25) is 0 Å². The van der Waals surface area contributed by atoms with E-state index in [4.69, 9.17) is 0 Å². The Morgan fingerprint density at radius 2 is 2.20 bits per heavy atom. The molecule has 2 nitrogen and oxygen atoms in total. The molecule has 1 heterocycles. The van der Waals surface area contributed by atoms with E-state index in [0.717, 1.165) is 6.42 Å². The molecule has 0 spiro atoms. The van der Waals surface area contributed by atoms with Gasteiger partial charge in [-0.1, -0.05) is 13.8 Å². The van der Waals surface area contributed by atoms with Crippen LogP contribution in [0.5, 0.6) is 0 Å². The fourth-order valence-corrected chi connectivity index (χ4v) is 1.16. The quantitative estimate of drug-likeness (QED) is 0.541. The first-order valence-electron chi connectivity index (χ1n) is 3.82. The van der Waals surface area contributed by atoms with E-state index in [1.165, 1.54) is 0 Å². The maximum absolute atomic E-state index is 10.9. The standard InChI is InChI=1S/C8H15NO/c1-6-8(2,3)5-4-7(10)9-6/h6H,4-5H2,1-3H3,(H,9,10). The van der Waals surface area contributed by atoms with Crippen molar-refractivity contribution in [1.29, 1.82) is 0 Å². The summed E-state index contributed by atoms with van der Waals surface area (Å²) < 4.78 is 0. The predicted octanol–water partition coefficient (Wildman–Crippen LogP) is 1.31. The molecular weight excluding hydrogens is 126 g/mol. The summed E-state index contributed by atoms with van der Waals surface area (Å²) >= 11 is 0. The highest BCUT2D eigenvalue weighted by Crippen LogP contribution is 2.29. The Balaban J connectivity index is 2.60. The Morgan fingerprint density at radius 3 is 2.60 bits per heavy atom. The van der Waals surface area contributed by atoms with Crippen molar-refractivity contribution in [2.24, 2.45) is 5.41 Å². The fraction of sp³-hybridized carbons (Fsp3) is 0.875. The average Bonchev–Trinajstić information content (AvgIpc) is 1.81. The van der Waals surface area contributed by atoms with Gasteiger partial charge in [-0.25, -0.2) is 0 Å². The van der Waals surface area contributed by atoms with Crippen molar-refractivity contribution in [2.45, 2.75) is 39.7 Å². The molecule has 0 aliphatic carbocycles. The van der Waals surface area contributed by atoms with Gasteiger partial charge in [-0.15, -0.1) is 0 Å². The van der Waals surface area contributed by atoms with Gasteiger partial charge in [-0.2, -0.15) is 0 Å². The second kappa shape index (κ2) is 2.26. The highest BCUT2D eigenvalue weighted by atomic mass is 16.1. The highest BCUT2D eigenvalue weighted by Gasteiger charge is 2.31. The molecule has 0 saturated carbocycles. The molecule has 1 saturated heterocycles. The van der Waals surface area contributed by atoms with Crippen molar-refractivity contribution in [3.63, 3.8) is 0 Å². The molecule has 0 radical (unpaired) electrons. The van der Waals surface area contributed by atoms with E-state index in [1.54, 1.807) is 0 Å². The highest BCUT2D eigenvalue weighted by molar-refractivity contribution is 5.77. The van der Waals surface area contributed by atoms with Crippen molar-refractivity contribution in [2.75, 3.05) is 0 Å². The summed E-state index contributed by atoms with van der Waals surface area (Å²) in [7, 11) is 0. The fourth-order valence-electron chi connectivity index (χ4n) is 1.16. The molecule has 1 aliphatic rings. The lowest BCUT2D eigenvalue weighted by Gasteiger charge is -2.36. The third-order valence-corrected chi connectivity index (χ3v) is 2.55. The van der Waals surface area contributed by atoms with Gasteiger partial charge in [0.25, 0.3) is 0 Å². The smallest absolute Gasteiger partial charge is 0.220 e. The summed E-state index contributed by atoms with van der Waals surface area (Å²) in [6, 6.07) is 0.328. The van der Waals surface area contributed by atoms with Crippen molar-refractivity contribution in [3.05, 3.63) is 0 Å². The normalized spacial score (nSPS) is 31.5. The molecule has 0 bridgehead atoms. The summed E-state index contributed by atoms with van der Waals surface area (Å²) in [6.07, 6.45) is 1.71. The van der Waals surface area contributed by atoms with Gasteiger partial charge < -0.3 is 5.32 Å². The zero-order valence-corrected chi connectivity index (χ0v) is 6.90. The van der Waals surface area contributed by atoms with E-state index < -0.39 is 0 Å². The SMILES string of the molecule is CC1NC(=O)CCC1(C)C. The summed E-state index contributed by atoms with van der Waals surface area (Å²) in [5, 5.41) is 2.93. The number of carbonyl (C=O) groups is 1. The van der Waals surface area contributed by atoms with Crippen LogP contribution in [0.4, 0.5) is 0 Å². The monoisotopic (exact) mass is 141 g/mol. The van der Waals surface area contributed by atoms with Crippen LogP contribution < -0.4 is 5.32 Å². The summed E-state index contributed by atoms with van der Waals surface area (Å²) in [4.78, 5) is 10.9. The van der Waals surface area contributed by atoms with Gasteiger partial charge in [0.05, 0.1) is 0 Å². The van der Waals surface area contributed by atoms with E-state index in [1.807, 2.05) is 0 Å². The molecule has 10 heavy (non-hydrogen) atoms. The van der Waals surface area contributed by atoms with E-state index in [0.29, 0.717) is 12.5 Å². The van der Waals surface area contributed by atoms with Crippen LogP contribution >= 0.6 is 0 Å². The number of nitrogens with one attached hydrogen (secondary N) is 1.